The quantitative estimate of drug-likeness (QED) is 0.471. The number of thioether (sulfide) groups is 1. The molecule has 0 fully saturated rings. The highest BCUT2D eigenvalue weighted by Crippen LogP contribution is 2.24. The number of carbonyl (C=O) groups excluding carboxylic acids is 2. The molecule has 0 spiro atoms. The first kappa shape index (κ1) is 20.3. The van der Waals surface area contributed by atoms with Gasteiger partial charge in [-0.05, 0) is 43.2 Å². The summed E-state index contributed by atoms with van der Waals surface area (Å²) in [6.07, 6.45) is 0. The molecule has 1 amide bonds. The van der Waals surface area contributed by atoms with E-state index in [4.69, 9.17) is 0 Å². The molecule has 0 saturated carbocycles. The molecule has 5 nitrogen and oxygen atoms in total. The smallest absolute Gasteiger partial charge is 0.234 e. The van der Waals surface area contributed by atoms with Crippen molar-refractivity contribution in [1.82, 2.24) is 4.98 Å². The van der Waals surface area contributed by atoms with Gasteiger partial charge in [0.25, 0.3) is 0 Å². The molecule has 1 heterocycles. The minimum absolute atomic E-state index is 0.112. The molecule has 3 rings (SSSR count). The molecule has 1 N–H and O–H groups in total. The average molecular weight is 401 g/mol. The Morgan fingerprint density at radius 3 is 2.34 bits per heavy atom. The summed E-state index contributed by atoms with van der Waals surface area (Å²) in [7, 11) is 0. The number of pyridine rings is 1. The Morgan fingerprint density at radius 1 is 1.07 bits per heavy atom. The molecule has 0 aliphatic carbocycles. The van der Waals surface area contributed by atoms with Crippen molar-refractivity contribution in [3.05, 3.63) is 77.5 Å². The van der Waals surface area contributed by atoms with Gasteiger partial charge in [-0.25, -0.2) is 4.98 Å². The number of nitrogens with one attached hydrogen (secondary N) is 1. The van der Waals surface area contributed by atoms with Gasteiger partial charge in [0, 0.05) is 16.9 Å². The lowest BCUT2D eigenvalue weighted by Crippen LogP contribution is -2.14. The van der Waals surface area contributed by atoms with E-state index in [1.165, 1.54) is 24.8 Å². The van der Waals surface area contributed by atoms with E-state index >= 15 is 0 Å². The number of anilines is 1. The van der Waals surface area contributed by atoms with Crippen LogP contribution in [0.5, 0.6) is 0 Å². The van der Waals surface area contributed by atoms with Crippen molar-refractivity contribution >= 4 is 29.1 Å². The summed E-state index contributed by atoms with van der Waals surface area (Å²) in [6.45, 7) is 3.16. The molecule has 0 saturated heterocycles. The van der Waals surface area contributed by atoms with E-state index in [9.17, 15) is 14.9 Å². The molecule has 0 unspecified atom stereocenters. The molecule has 144 valence electrons. The molecule has 0 radical (unpaired) electrons. The van der Waals surface area contributed by atoms with Crippen molar-refractivity contribution < 1.29 is 9.59 Å². The number of amides is 1. The van der Waals surface area contributed by atoms with Crippen molar-refractivity contribution in [1.29, 1.82) is 5.26 Å². The molecular formula is C23H19N3O2S. The molecule has 1 aromatic heterocycles. The van der Waals surface area contributed by atoms with E-state index in [0.717, 1.165) is 11.1 Å². The third-order valence-electron chi connectivity index (χ3n) is 4.29. The van der Waals surface area contributed by atoms with Crippen LogP contribution in [0.1, 0.15) is 28.5 Å². The number of nitriles is 1. The Hall–Kier alpha value is -3.43. The van der Waals surface area contributed by atoms with Crippen molar-refractivity contribution in [2.24, 2.45) is 0 Å². The van der Waals surface area contributed by atoms with Crippen LogP contribution in [-0.2, 0) is 4.79 Å². The van der Waals surface area contributed by atoms with Crippen LogP contribution in [0.25, 0.3) is 11.1 Å². The van der Waals surface area contributed by atoms with Crippen LogP contribution in [0.3, 0.4) is 0 Å². The van der Waals surface area contributed by atoms with Gasteiger partial charge in [0.2, 0.25) is 5.91 Å². The maximum atomic E-state index is 12.3. The van der Waals surface area contributed by atoms with Gasteiger partial charge in [0.05, 0.1) is 11.3 Å². The van der Waals surface area contributed by atoms with Crippen molar-refractivity contribution in [3.8, 4) is 17.2 Å². The van der Waals surface area contributed by atoms with E-state index in [1.54, 1.807) is 6.92 Å². The van der Waals surface area contributed by atoms with Gasteiger partial charge in [-0.3, -0.25) is 9.59 Å². The molecule has 3 aromatic rings. The highest BCUT2D eigenvalue weighted by Gasteiger charge is 2.14. The SMILES string of the molecule is CC(=O)c1cc(C#N)c(SCC(=O)Nc2ccc(-c3ccccc3)cc2)nc1C. The molecule has 0 aliphatic rings. The number of carbonyl (C=O) groups is 2. The van der Waals surface area contributed by atoms with Crippen molar-refractivity contribution in [2.45, 2.75) is 18.9 Å². The number of ketones is 1. The van der Waals surface area contributed by atoms with Crippen LogP contribution in [0.15, 0.2) is 65.7 Å². The zero-order chi connectivity index (χ0) is 20.8. The molecule has 0 atom stereocenters. The van der Waals surface area contributed by atoms with Gasteiger partial charge in [-0.1, -0.05) is 54.2 Å². The number of nitrogens with zero attached hydrogens (tertiary/aromatic N) is 2. The molecule has 29 heavy (non-hydrogen) atoms. The highest BCUT2D eigenvalue weighted by atomic mass is 32.2. The second-order valence-electron chi connectivity index (χ2n) is 6.42. The Morgan fingerprint density at radius 2 is 1.72 bits per heavy atom. The third-order valence-corrected chi connectivity index (χ3v) is 5.28. The number of aryl methyl sites for hydroxylation is 1. The largest absolute Gasteiger partial charge is 0.325 e. The summed E-state index contributed by atoms with van der Waals surface area (Å²) < 4.78 is 0. The lowest BCUT2D eigenvalue weighted by atomic mass is 10.1. The maximum absolute atomic E-state index is 12.3. The van der Waals surface area contributed by atoms with Crippen LogP contribution in [-0.4, -0.2) is 22.4 Å². The summed E-state index contributed by atoms with van der Waals surface area (Å²) in [5, 5.41) is 12.6. The minimum atomic E-state index is -0.193. The molecule has 0 aliphatic heterocycles. The van der Waals surface area contributed by atoms with Crippen LogP contribution in [0, 0.1) is 18.3 Å². The number of aromatic nitrogens is 1. The Labute approximate surface area is 173 Å². The van der Waals surface area contributed by atoms with E-state index in [-0.39, 0.29) is 17.4 Å². The Bertz CT molecular complexity index is 1090. The number of Topliss-reactive ketones (excluding diaryl/α,β-unsaturated/α-hetero) is 1. The average Bonchev–Trinajstić information content (AvgIpc) is 2.73. The van der Waals surface area contributed by atoms with Crippen LogP contribution < -0.4 is 5.32 Å². The second-order valence-corrected chi connectivity index (χ2v) is 7.39. The fourth-order valence-electron chi connectivity index (χ4n) is 2.84. The van der Waals surface area contributed by atoms with E-state index in [2.05, 4.69) is 10.3 Å². The highest BCUT2D eigenvalue weighted by molar-refractivity contribution is 8.00. The number of hydrogen-bond donors (Lipinski definition) is 1. The first-order valence-corrected chi connectivity index (χ1v) is 9.97. The normalized spacial score (nSPS) is 10.2. The van der Waals surface area contributed by atoms with Gasteiger partial charge in [-0.2, -0.15) is 5.26 Å². The lowest BCUT2D eigenvalue weighted by Gasteiger charge is -2.09. The molecular weight excluding hydrogens is 382 g/mol. The molecule has 2 aromatic carbocycles. The minimum Gasteiger partial charge on any atom is -0.325 e. The number of hydrogen-bond acceptors (Lipinski definition) is 5. The van der Waals surface area contributed by atoms with Gasteiger partial charge in [0.15, 0.2) is 5.78 Å². The van der Waals surface area contributed by atoms with Crippen molar-refractivity contribution in [2.75, 3.05) is 11.1 Å². The summed E-state index contributed by atoms with van der Waals surface area (Å²) >= 11 is 1.18. The Balaban J connectivity index is 1.64. The zero-order valence-corrected chi connectivity index (χ0v) is 16.9. The monoisotopic (exact) mass is 401 g/mol. The number of rotatable bonds is 6. The van der Waals surface area contributed by atoms with Crippen LogP contribution >= 0.6 is 11.8 Å². The zero-order valence-electron chi connectivity index (χ0n) is 16.1. The Kier molecular flexibility index (Phi) is 6.43. The first-order valence-electron chi connectivity index (χ1n) is 8.98. The molecule has 6 heteroatoms. The summed E-state index contributed by atoms with van der Waals surface area (Å²) in [6, 6.07) is 21.2. The van der Waals surface area contributed by atoms with Crippen LogP contribution in [0.4, 0.5) is 5.69 Å². The fraction of sp³-hybridized carbons (Fsp3) is 0.130. The lowest BCUT2D eigenvalue weighted by molar-refractivity contribution is -0.113. The molecule has 0 bridgehead atoms. The third kappa shape index (κ3) is 5.09. The second kappa shape index (κ2) is 9.18. The van der Waals surface area contributed by atoms with E-state index in [0.29, 0.717) is 27.5 Å². The maximum Gasteiger partial charge on any atom is 0.234 e. The first-order chi connectivity index (χ1) is 14.0. The summed E-state index contributed by atoms with van der Waals surface area (Å²) in [5.41, 5.74) is 4.16. The standard InChI is InChI=1S/C23H19N3O2S/c1-15-21(16(2)27)12-19(13-24)23(25-15)29-14-22(28)26-20-10-8-18(9-11-20)17-6-4-3-5-7-17/h3-12H,14H2,1-2H3,(H,26,28). The summed E-state index contributed by atoms with van der Waals surface area (Å²) in [5.74, 6) is -0.220. The van der Waals surface area contributed by atoms with Crippen molar-refractivity contribution in [3.63, 3.8) is 0 Å². The fourth-order valence-corrected chi connectivity index (χ4v) is 3.64. The predicted molar refractivity (Wildman–Crippen MR) is 115 cm³/mol. The van der Waals surface area contributed by atoms with Gasteiger partial charge in [0.1, 0.15) is 11.1 Å². The van der Waals surface area contributed by atoms with Gasteiger partial charge >= 0.3 is 0 Å². The van der Waals surface area contributed by atoms with E-state index < -0.39 is 0 Å². The topological polar surface area (TPSA) is 82.8 Å². The van der Waals surface area contributed by atoms with Gasteiger partial charge < -0.3 is 5.32 Å². The predicted octanol–water partition coefficient (Wildman–Crippen LogP) is 4.86. The number of benzene rings is 2. The summed E-state index contributed by atoms with van der Waals surface area (Å²) in [4.78, 5) is 28.2. The van der Waals surface area contributed by atoms with E-state index in [1.807, 2.05) is 60.7 Å². The van der Waals surface area contributed by atoms with Gasteiger partial charge in [-0.15, -0.1) is 0 Å². The van der Waals surface area contributed by atoms with Crippen LogP contribution in [0.2, 0.25) is 0 Å².